The lowest BCUT2D eigenvalue weighted by Gasteiger charge is -2.19. The Morgan fingerprint density at radius 3 is 2.35 bits per heavy atom. The molecule has 0 aromatic heterocycles. The molecule has 0 unspecified atom stereocenters. The van der Waals surface area contributed by atoms with Gasteiger partial charge in [0.1, 0.15) is 12.6 Å². The van der Waals surface area contributed by atoms with Crippen LogP contribution in [0.1, 0.15) is 32.8 Å². The monoisotopic (exact) mass is 322 g/mol. The van der Waals surface area contributed by atoms with Crippen molar-refractivity contribution >= 4 is 18.0 Å². The highest BCUT2D eigenvalue weighted by Crippen LogP contribution is 2.04. The van der Waals surface area contributed by atoms with E-state index in [1.807, 2.05) is 18.2 Å². The molecule has 23 heavy (non-hydrogen) atoms. The Hall–Kier alpha value is -2.41. The maximum absolute atomic E-state index is 11.7. The number of nitrogens with one attached hydrogen (secondary N) is 1. The number of rotatable bonds is 5. The van der Waals surface area contributed by atoms with E-state index < -0.39 is 36.0 Å². The largest absolute Gasteiger partial charge is 0.460 e. The Morgan fingerprint density at radius 2 is 1.78 bits per heavy atom. The fourth-order valence-corrected chi connectivity index (χ4v) is 1.58. The lowest BCUT2D eigenvalue weighted by Crippen LogP contribution is -2.42. The first-order chi connectivity index (χ1) is 10.7. The summed E-state index contributed by atoms with van der Waals surface area (Å²) in [6.45, 7) is 5.29. The zero-order valence-electron chi connectivity index (χ0n) is 13.5. The molecule has 7 nitrogen and oxygen atoms in total. The number of hydrogen-bond acceptors (Lipinski definition) is 6. The maximum Gasteiger partial charge on any atom is 0.415 e. The highest BCUT2D eigenvalue weighted by atomic mass is 16.6. The first-order valence-corrected chi connectivity index (χ1v) is 7.16. The SMILES string of the molecule is CC(C)(C)NC(=O)OC(=O)C[C@H](N)C(=O)OCc1ccccc1. The molecule has 1 atom stereocenters. The van der Waals surface area contributed by atoms with Crippen molar-refractivity contribution < 1.29 is 23.9 Å². The molecule has 0 spiro atoms. The molecular weight excluding hydrogens is 300 g/mol. The molecule has 1 rings (SSSR count). The van der Waals surface area contributed by atoms with Crippen molar-refractivity contribution in [2.45, 2.75) is 45.4 Å². The van der Waals surface area contributed by atoms with Gasteiger partial charge in [-0.1, -0.05) is 30.3 Å². The molecule has 3 N–H and O–H groups in total. The van der Waals surface area contributed by atoms with Gasteiger partial charge < -0.3 is 20.5 Å². The summed E-state index contributed by atoms with van der Waals surface area (Å²) in [5.74, 6) is -1.63. The molecule has 0 aliphatic rings. The van der Waals surface area contributed by atoms with Crippen LogP contribution < -0.4 is 11.1 Å². The molecule has 0 bridgehead atoms. The summed E-state index contributed by atoms with van der Waals surface area (Å²) in [4.78, 5) is 34.7. The Bertz CT molecular complexity index is 551. The van der Waals surface area contributed by atoms with Crippen LogP contribution in [0.5, 0.6) is 0 Å². The maximum atomic E-state index is 11.7. The van der Waals surface area contributed by atoms with Crippen LogP contribution in [0.4, 0.5) is 4.79 Å². The van der Waals surface area contributed by atoms with Crippen LogP contribution in [-0.2, 0) is 25.7 Å². The summed E-state index contributed by atoms with van der Waals surface area (Å²) in [5, 5.41) is 2.46. The Balaban J connectivity index is 2.36. The van der Waals surface area contributed by atoms with Gasteiger partial charge in [0.2, 0.25) is 0 Å². The molecule has 0 aliphatic heterocycles. The number of carbonyl (C=O) groups is 3. The van der Waals surface area contributed by atoms with E-state index in [1.54, 1.807) is 32.9 Å². The highest BCUT2D eigenvalue weighted by Gasteiger charge is 2.23. The van der Waals surface area contributed by atoms with Gasteiger partial charge in [-0.05, 0) is 26.3 Å². The number of alkyl carbamates (subject to hydrolysis) is 1. The lowest BCUT2D eigenvalue weighted by molar-refractivity contribution is -0.150. The molecule has 7 heteroatoms. The van der Waals surface area contributed by atoms with Gasteiger partial charge in [0, 0.05) is 5.54 Å². The van der Waals surface area contributed by atoms with Gasteiger partial charge >= 0.3 is 18.0 Å². The predicted molar refractivity (Wildman–Crippen MR) is 83.2 cm³/mol. The van der Waals surface area contributed by atoms with Crippen molar-refractivity contribution in [3.05, 3.63) is 35.9 Å². The van der Waals surface area contributed by atoms with Crippen LogP contribution >= 0.6 is 0 Å². The smallest absolute Gasteiger partial charge is 0.415 e. The number of carbonyl (C=O) groups excluding carboxylic acids is 3. The minimum atomic E-state index is -1.19. The second-order valence-corrected chi connectivity index (χ2v) is 6.04. The fourth-order valence-electron chi connectivity index (χ4n) is 1.58. The molecular formula is C16H22N2O5. The molecule has 0 saturated heterocycles. The van der Waals surface area contributed by atoms with Crippen molar-refractivity contribution in [2.75, 3.05) is 0 Å². The third-order valence-corrected chi connectivity index (χ3v) is 2.60. The van der Waals surface area contributed by atoms with E-state index >= 15 is 0 Å². The van der Waals surface area contributed by atoms with Crippen LogP contribution in [0.2, 0.25) is 0 Å². The standard InChI is InChI=1S/C16H22N2O5/c1-16(2,3)18-15(21)23-13(19)9-12(17)14(20)22-10-11-7-5-4-6-8-11/h4-8,12H,9-10,17H2,1-3H3,(H,18,21)/t12-/m0/s1. The lowest BCUT2D eigenvalue weighted by atomic mass is 10.1. The fraction of sp³-hybridized carbons (Fsp3) is 0.438. The molecule has 0 saturated carbocycles. The van der Waals surface area contributed by atoms with Crippen molar-refractivity contribution in [3.63, 3.8) is 0 Å². The quantitative estimate of drug-likeness (QED) is 0.628. The molecule has 0 heterocycles. The minimum absolute atomic E-state index is 0.0624. The van der Waals surface area contributed by atoms with Crippen molar-refractivity contribution in [2.24, 2.45) is 5.73 Å². The van der Waals surface area contributed by atoms with Gasteiger partial charge in [0.05, 0.1) is 6.42 Å². The Labute approximate surface area is 135 Å². The molecule has 126 valence electrons. The van der Waals surface area contributed by atoms with Crippen LogP contribution in [0.15, 0.2) is 30.3 Å². The summed E-state index contributed by atoms with van der Waals surface area (Å²) < 4.78 is 9.54. The number of amides is 1. The topological polar surface area (TPSA) is 108 Å². The third-order valence-electron chi connectivity index (χ3n) is 2.60. The van der Waals surface area contributed by atoms with Crippen LogP contribution in [0, 0.1) is 0 Å². The number of ether oxygens (including phenoxy) is 2. The van der Waals surface area contributed by atoms with Crippen molar-refractivity contribution in [1.82, 2.24) is 5.32 Å². The molecule has 1 aromatic carbocycles. The van der Waals surface area contributed by atoms with Gasteiger partial charge in [-0.25, -0.2) is 4.79 Å². The average molecular weight is 322 g/mol. The highest BCUT2D eigenvalue weighted by molar-refractivity contribution is 5.88. The molecule has 1 amide bonds. The Kier molecular flexibility index (Phi) is 6.71. The predicted octanol–water partition coefficient (Wildman–Crippen LogP) is 1.50. The summed E-state index contributed by atoms with van der Waals surface area (Å²) in [6.07, 6.45) is -1.32. The first-order valence-electron chi connectivity index (χ1n) is 7.16. The van der Waals surface area contributed by atoms with E-state index in [2.05, 4.69) is 10.1 Å². The van der Waals surface area contributed by atoms with Crippen LogP contribution in [-0.4, -0.2) is 29.6 Å². The zero-order chi connectivity index (χ0) is 17.5. The van der Waals surface area contributed by atoms with Gasteiger partial charge in [-0.2, -0.15) is 0 Å². The van der Waals surface area contributed by atoms with Crippen LogP contribution in [0.3, 0.4) is 0 Å². The third kappa shape index (κ3) is 7.96. The molecule has 1 aromatic rings. The second-order valence-electron chi connectivity index (χ2n) is 6.04. The van der Waals surface area contributed by atoms with E-state index in [-0.39, 0.29) is 6.61 Å². The van der Waals surface area contributed by atoms with E-state index in [0.29, 0.717) is 0 Å². The summed E-state index contributed by atoms with van der Waals surface area (Å²) in [5.41, 5.74) is 5.85. The second kappa shape index (κ2) is 8.28. The van der Waals surface area contributed by atoms with Gasteiger partial charge in [0.25, 0.3) is 0 Å². The van der Waals surface area contributed by atoms with Gasteiger partial charge in [-0.15, -0.1) is 0 Å². The number of hydrogen-bond donors (Lipinski definition) is 2. The van der Waals surface area contributed by atoms with E-state index in [0.717, 1.165) is 5.56 Å². The number of benzene rings is 1. The van der Waals surface area contributed by atoms with E-state index in [1.165, 1.54) is 0 Å². The van der Waals surface area contributed by atoms with Crippen LogP contribution in [0.25, 0.3) is 0 Å². The van der Waals surface area contributed by atoms with E-state index in [9.17, 15) is 14.4 Å². The Morgan fingerprint density at radius 1 is 1.17 bits per heavy atom. The van der Waals surface area contributed by atoms with Crippen molar-refractivity contribution in [3.8, 4) is 0 Å². The van der Waals surface area contributed by atoms with E-state index in [4.69, 9.17) is 10.5 Å². The summed E-state index contributed by atoms with van der Waals surface area (Å²) in [7, 11) is 0. The van der Waals surface area contributed by atoms with Gasteiger partial charge in [-0.3, -0.25) is 9.59 Å². The summed E-state index contributed by atoms with van der Waals surface area (Å²) in [6, 6.07) is 7.88. The van der Waals surface area contributed by atoms with Crippen molar-refractivity contribution in [1.29, 1.82) is 0 Å². The molecule has 0 radical (unpaired) electrons. The number of nitrogens with two attached hydrogens (primary N) is 1. The van der Waals surface area contributed by atoms with Gasteiger partial charge in [0.15, 0.2) is 0 Å². The normalized spacial score (nSPS) is 12.2. The molecule has 0 aliphatic carbocycles. The summed E-state index contributed by atoms with van der Waals surface area (Å²) >= 11 is 0. The first kappa shape index (κ1) is 18.6. The zero-order valence-corrected chi connectivity index (χ0v) is 13.5. The molecule has 0 fully saturated rings. The minimum Gasteiger partial charge on any atom is -0.460 e. The number of esters is 2. The average Bonchev–Trinajstić information content (AvgIpc) is 2.43.